The third-order valence-electron chi connectivity index (χ3n) is 2.35. The van der Waals surface area contributed by atoms with Gasteiger partial charge in [-0.3, -0.25) is 10.1 Å². The molecule has 1 aromatic carbocycles. The van der Waals surface area contributed by atoms with E-state index in [9.17, 15) is 14.5 Å². The number of halogens is 1. The van der Waals surface area contributed by atoms with Crippen LogP contribution in [0.5, 0.6) is 0 Å². The zero-order valence-electron chi connectivity index (χ0n) is 9.46. The summed E-state index contributed by atoms with van der Waals surface area (Å²) in [6.45, 7) is 1.82. The first kappa shape index (κ1) is 12.4. The van der Waals surface area contributed by atoms with Crippen LogP contribution in [0.25, 0.3) is 0 Å². The van der Waals surface area contributed by atoms with Crippen molar-refractivity contribution in [2.45, 2.75) is 13.0 Å². The number of rotatable bonds is 4. The molecule has 1 aromatic heterocycles. The molecule has 94 valence electrons. The van der Waals surface area contributed by atoms with Gasteiger partial charge in [0.2, 0.25) is 0 Å². The van der Waals surface area contributed by atoms with Crippen LogP contribution in [0.1, 0.15) is 18.0 Å². The lowest BCUT2D eigenvalue weighted by molar-refractivity contribution is -0.384. The Morgan fingerprint density at radius 2 is 2.33 bits per heavy atom. The number of thiazole rings is 1. The van der Waals surface area contributed by atoms with Crippen molar-refractivity contribution >= 4 is 22.7 Å². The molecule has 0 radical (unpaired) electrons. The van der Waals surface area contributed by atoms with Gasteiger partial charge in [-0.15, -0.1) is 11.3 Å². The van der Waals surface area contributed by atoms with Crippen molar-refractivity contribution in [2.24, 2.45) is 0 Å². The Labute approximate surface area is 106 Å². The predicted molar refractivity (Wildman–Crippen MR) is 67.2 cm³/mol. The maximum Gasteiger partial charge on any atom is 0.271 e. The molecule has 1 atom stereocenters. The molecule has 2 rings (SSSR count). The van der Waals surface area contributed by atoms with E-state index in [1.165, 1.54) is 17.4 Å². The molecule has 1 N–H and O–H groups in total. The number of aromatic nitrogens is 1. The highest BCUT2D eigenvalue weighted by molar-refractivity contribution is 7.09. The Kier molecular flexibility index (Phi) is 3.52. The molecule has 2 aromatic rings. The monoisotopic (exact) mass is 267 g/mol. The van der Waals surface area contributed by atoms with E-state index in [2.05, 4.69) is 10.3 Å². The molecule has 18 heavy (non-hydrogen) atoms. The lowest BCUT2D eigenvalue weighted by atomic mass is 10.2. The van der Waals surface area contributed by atoms with E-state index >= 15 is 0 Å². The fourth-order valence-electron chi connectivity index (χ4n) is 1.48. The van der Waals surface area contributed by atoms with E-state index in [4.69, 9.17) is 0 Å². The van der Waals surface area contributed by atoms with Crippen molar-refractivity contribution in [3.8, 4) is 0 Å². The number of nitrogens with zero attached hydrogens (tertiary/aromatic N) is 2. The lowest BCUT2D eigenvalue weighted by Crippen LogP contribution is -2.08. The average molecular weight is 267 g/mol. The summed E-state index contributed by atoms with van der Waals surface area (Å²) >= 11 is 1.44. The fraction of sp³-hybridized carbons (Fsp3) is 0.182. The molecule has 0 aliphatic carbocycles. The highest BCUT2D eigenvalue weighted by Gasteiger charge is 2.14. The standard InChI is InChI=1S/C11H10FN3O2S/c1-7(11-13-4-5-18-11)14-10-6-8(15(16)17)2-3-9(10)12/h2-7,14H,1H3. The molecule has 0 spiro atoms. The van der Waals surface area contributed by atoms with Gasteiger partial charge in [0, 0.05) is 23.7 Å². The lowest BCUT2D eigenvalue weighted by Gasteiger charge is -2.13. The van der Waals surface area contributed by atoms with Crippen LogP contribution < -0.4 is 5.32 Å². The summed E-state index contributed by atoms with van der Waals surface area (Å²) in [7, 11) is 0. The van der Waals surface area contributed by atoms with Crippen LogP contribution in [-0.4, -0.2) is 9.91 Å². The maximum absolute atomic E-state index is 13.5. The fourth-order valence-corrected chi connectivity index (χ4v) is 2.13. The van der Waals surface area contributed by atoms with Crippen LogP contribution in [0.15, 0.2) is 29.8 Å². The van der Waals surface area contributed by atoms with Gasteiger partial charge in [0.25, 0.3) is 5.69 Å². The minimum atomic E-state index is -0.557. The molecule has 0 amide bonds. The van der Waals surface area contributed by atoms with Gasteiger partial charge in [0.05, 0.1) is 16.7 Å². The van der Waals surface area contributed by atoms with Gasteiger partial charge >= 0.3 is 0 Å². The quantitative estimate of drug-likeness (QED) is 0.681. The van der Waals surface area contributed by atoms with Crippen LogP contribution >= 0.6 is 11.3 Å². The third-order valence-corrected chi connectivity index (χ3v) is 3.31. The molecule has 5 nitrogen and oxygen atoms in total. The van der Waals surface area contributed by atoms with Gasteiger partial charge < -0.3 is 5.32 Å². The zero-order chi connectivity index (χ0) is 13.1. The third kappa shape index (κ3) is 2.62. The van der Waals surface area contributed by atoms with Crippen LogP contribution in [0, 0.1) is 15.9 Å². The summed E-state index contributed by atoms with van der Waals surface area (Å²) in [5.41, 5.74) is -0.0443. The number of nitrogens with one attached hydrogen (secondary N) is 1. The minimum absolute atomic E-state index is 0.104. The number of benzene rings is 1. The highest BCUT2D eigenvalue weighted by atomic mass is 32.1. The molecule has 7 heteroatoms. The van der Waals surface area contributed by atoms with Gasteiger partial charge in [-0.2, -0.15) is 0 Å². The summed E-state index contributed by atoms with van der Waals surface area (Å²) in [4.78, 5) is 14.2. The zero-order valence-corrected chi connectivity index (χ0v) is 10.3. The average Bonchev–Trinajstić information content (AvgIpc) is 2.85. The highest BCUT2D eigenvalue weighted by Crippen LogP contribution is 2.26. The Hall–Kier alpha value is -2.02. The molecule has 0 saturated carbocycles. The van der Waals surface area contributed by atoms with Crippen molar-refractivity contribution in [1.29, 1.82) is 0 Å². The van der Waals surface area contributed by atoms with E-state index in [1.807, 2.05) is 12.3 Å². The molecule has 0 bridgehead atoms. The predicted octanol–water partition coefficient (Wildman–Crippen LogP) is 3.36. The number of anilines is 1. The van der Waals surface area contributed by atoms with E-state index in [0.717, 1.165) is 17.1 Å². The van der Waals surface area contributed by atoms with Crippen molar-refractivity contribution < 1.29 is 9.31 Å². The molecule has 1 heterocycles. The molecule has 0 aliphatic rings. The molecular weight excluding hydrogens is 257 g/mol. The second-order valence-electron chi connectivity index (χ2n) is 3.66. The summed E-state index contributed by atoms with van der Waals surface area (Å²) in [5.74, 6) is -0.524. The molecular formula is C11H10FN3O2S. The normalized spacial score (nSPS) is 12.1. The molecule has 0 fully saturated rings. The Balaban J connectivity index is 2.23. The van der Waals surface area contributed by atoms with Gasteiger partial charge in [-0.05, 0) is 13.0 Å². The first-order valence-electron chi connectivity index (χ1n) is 5.18. The van der Waals surface area contributed by atoms with Crippen molar-refractivity contribution in [3.05, 3.63) is 50.7 Å². The van der Waals surface area contributed by atoms with Crippen LogP contribution in [0.2, 0.25) is 0 Å². The summed E-state index contributed by atoms with van der Waals surface area (Å²) < 4.78 is 13.5. The maximum atomic E-state index is 13.5. The van der Waals surface area contributed by atoms with Gasteiger partial charge in [0.15, 0.2) is 0 Å². The molecule has 0 saturated heterocycles. The SMILES string of the molecule is CC(Nc1cc([N+](=O)[O-])ccc1F)c1nccs1. The number of nitro benzene ring substituents is 1. The number of non-ortho nitro benzene ring substituents is 1. The largest absolute Gasteiger partial charge is 0.374 e. The second-order valence-corrected chi connectivity index (χ2v) is 4.58. The van der Waals surface area contributed by atoms with Gasteiger partial charge in [-0.25, -0.2) is 9.37 Å². The van der Waals surface area contributed by atoms with E-state index in [-0.39, 0.29) is 17.4 Å². The smallest absolute Gasteiger partial charge is 0.271 e. The minimum Gasteiger partial charge on any atom is -0.374 e. The summed E-state index contributed by atoms with van der Waals surface area (Å²) in [6.07, 6.45) is 1.65. The Bertz CT molecular complexity index is 559. The second kappa shape index (κ2) is 5.09. The first-order chi connectivity index (χ1) is 8.58. The van der Waals surface area contributed by atoms with Crippen molar-refractivity contribution in [1.82, 2.24) is 4.98 Å². The van der Waals surface area contributed by atoms with E-state index < -0.39 is 10.7 Å². The summed E-state index contributed by atoms with van der Waals surface area (Å²) in [6, 6.07) is 3.18. The van der Waals surface area contributed by atoms with Crippen LogP contribution in [0.3, 0.4) is 0 Å². The number of hydrogen-bond acceptors (Lipinski definition) is 5. The van der Waals surface area contributed by atoms with Crippen molar-refractivity contribution in [3.63, 3.8) is 0 Å². The number of hydrogen-bond donors (Lipinski definition) is 1. The first-order valence-corrected chi connectivity index (χ1v) is 6.06. The van der Waals surface area contributed by atoms with E-state index in [1.54, 1.807) is 6.20 Å². The van der Waals surface area contributed by atoms with Gasteiger partial charge in [-0.1, -0.05) is 0 Å². The molecule has 1 unspecified atom stereocenters. The Morgan fingerprint density at radius 3 is 2.94 bits per heavy atom. The van der Waals surface area contributed by atoms with E-state index in [0.29, 0.717) is 0 Å². The number of nitro groups is 1. The van der Waals surface area contributed by atoms with Gasteiger partial charge in [0.1, 0.15) is 10.8 Å². The Morgan fingerprint density at radius 1 is 1.56 bits per heavy atom. The summed E-state index contributed by atoms with van der Waals surface area (Å²) in [5, 5.41) is 16.1. The van der Waals surface area contributed by atoms with Crippen LogP contribution in [0.4, 0.5) is 15.8 Å². The topological polar surface area (TPSA) is 68.1 Å². The van der Waals surface area contributed by atoms with Crippen molar-refractivity contribution in [2.75, 3.05) is 5.32 Å². The van der Waals surface area contributed by atoms with Crippen LogP contribution in [-0.2, 0) is 0 Å². The molecule has 0 aliphatic heterocycles.